The lowest BCUT2D eigenvalue weighted by Crippen LogP contribution is -2.38. The fourth-order valence-corrected chi connectivity index (χ4v) is 2.41. The lowest BCUT2D eigenvalue weighted by atomic mass is 10.1. The number of nitrogens with zero attached hydrogens (tertiary/aromatic N) is 1. The molecule has 1 aliphatic rings. The maximum absolute atomic E-state index is 5.89. The highest BCUT2D eigenvalue weighted by atomic mass is 16.5. The summed E-state index contributed by atoms with van der Waals surface area (Å²) in [5.74, 6) is 0.939. The maximum atomic E-state index is 5.89. The summed E-state index contributed by atoms with van der Waals surface area (Å²) >= 11 is 0. The lowest BCUT2D eigenvalue weighted by Gasteiger charge is -2.35. The Morgan fingerprint density at radius 1 is 1.11 bits per heavy atom. The molecule has 0 spiro atoms. The SMILES string of the molecule is C=C[C@@H]1CN(Cc2ccccc2)c2ccccc2O1. The van der Waals surface area contributed by atoms with Crippen molar-refractivity contribution in [2.75, 3.05) is 11.4 Å². The highest BCUT2D eigenvalue weighted by Gasteiger charge is 2.23. The van der Waals surface area contributed by atoms with Crippen molar-refractivity contribution in [1.29, 1.82) is 0 Å². The van der Waals surface area contributed by atoms with Gasteiger partial charge >= 0.3 is 0 Å². The molecule has 0 unspecified atom stereocenters. The smallest absolute Gasteiger partial charge is 0.143 e. The molecule has 0 saturated carbocycles. The predicted molar refractivity (Wildman–Crippen MR) is 78.5 cm³/mol. The molecule has 0 bridgehead atoms. The molecule has 2 heteroatoms. The average molecular weight is 251 g/mol. The zero-order chi connectivity index (χ0) is 13.1. The third-order valence-corrected chi connectivity index (χ3v) is 3.36. The molecule has 0 N–H and O–H groups in total. The molecule has 2 aromatic carbocycles. The minimum absolute atomic E-state index is 0.0543. The van der Waals surface area contributed by atoms with Crippen LogP contribution in [0.5, 0.6) is 5.75 Å². The Hall–Kier alpha value is -2.22. The van der Waals surface area contributed by atoms with Gasteiger partial charge in [-0.2, -0.15) is 0 Å². The molecule has 96 valence electrons. The van der Waals surface area contributed by atoms with Gasteiger partial charge in [-0.1, -0.05) is 49.0 Å². The van der Waals surface area contributed by atoms with Crippen LogP contribution in [0.4, 0.5) is 5.69 Å². The molecule has 0 fully saturated rings. The van der Waals surface area contributed by atoms with Crippen LogP contribution in [0.2, 0.25) is 0 Å². The van der Waals surface area contributed by atoms with Crippen LogP contribution in [-0.4, -0.2) is 12.6 Å². The second kappa shape index (κ2) is 5.19. The summed E-state index contributed by atoms with van der Waals surface area (Å²) in [5.41, 5.74) is 2.46. The summed E-state index contributed by atoms with van der Waals surface area (Å²) in [7, 11) is 0. The maximum Gasteiger partial charge on any atom is 0.143 e. The van der Waals surface area contributed by atoms with Crippen LogP contribution < -0.4 is 9.64 Å². The quantitative estimate of drug-likeness (QED) is 0.772. The number of anilines is 1. The number of ether oxygens (including phenoxy) is 1. The molecular formula is C17H17NO. The van der Waals surface area contributed by atoms with Crippen molar-refractivity contribution in [1.82, 2.24) is 0 Å². The summed E-state index contributed by atoms with van der Waals surface area (Å²) < 4.78 is 5.89. The van der Waals surface area contributed by atoms with E-state index < -0.39 is 0 Å². The van der Waals surface area contributed by atoms with Crippen LogP contribution in [0.1, 0.15) is 5.56 Å². The van der Waals surface area contributed by atoms with E-state index in [9.17, 15) is 0 Å². The molecule has 1 heterocycles. The molecule has 1 atom stereocenters. The van der Waals surface area contributed by atoms with E-state index in [0.717, 1.165) is 24.5 Å². The second-order valence-corrected chi connectivity index (χ2v) is 4.73. The van der Waals surface area contributed by atoms with Gasteiger partial charge in [0, 0.05) is 6.54 Å². The Morgan fingerprint density at radius 2 is 1.84 bits per heavy atom. The first-order valence-electron chi connectivity index (χ1n) is 6.54. The molecule has 0 aliphatic carbocycles. The minimum atomic E-state index is 0.0543. The zero-order valence-electron chi connectivity index (χ0n) is 10.8. The van der Waals surface area contributed by atoms with Crippen LogP contribution in [-0.2, 0) is 6.54 Å². The van der Waals surface area contributed by atoms with Gasteiger partial charge in [-0.25, -0.2) is 0 Å². The van der Waals surface area contributed by atoms with Crippen LogP contribution >= 0.6 is 0 Å². The van der Waals surface area contributed by atoms with Gasteiger partial charge in [-0.05, 0) is 23.8 Å². The summed E-state index contributed by atoms with van der Waals surface area (Å²) in [6.45, 7) is 5.58. The number of hydrogen-bond donors (Lipinski definition) is 0. The predicted octanol–water partition coefficient (Wildman–Crippen LogP) is 3.64. The van der Waals surface area contributed by atoms with Crippen LogP contribution in [0.25, 0.3) is 0 Å². The van der Waals surface area contributed by atoms with Gasteiger partial charge in [0.25, 0.3) is 0 Å². The summed E-state index contributed by atoms with van der Waals surface area (Å²) in [6, 6.07) is 18.7. The number of fused-ring (bicyclic) bond motifs is 1. The first-order chi connectivity index (χ1) is 9.36. The number of rotatable bonds is 3. The van der Waals surface area contributed by atoms with E-state index in [4.69, 9.17) is 4.74 Å². The highest BCUT2D eigenvalue weighted by Crippen LogP contribution is 2.34. The van der Waals surface area contributed by atoms with Gasteiger partial charge in [0.1, 0.15) is 11.9 Å². The Labute approximate surface area is 113 Å². The monoisotopic (exact) mass is 251 g/mol. The molecule has 0 aromatic heterocycles. The number of hydrogen-bond acceptors (Lipinski definition) is 2. The topological polar surface area (TPSA) is 12.5 Å². The van der Waals surface area contributed by atoms with Gasteiger partial charge in [0.15, 0.2) is 0 Å². The summed E-state index contributed by atoms with van der Waals surface area (Å²) in [6.07, 6.45) is 1.92. The first-order valence-corrected chi connectivity index (χ1v) is 6.54. The van der Waals surface area contributed by atoms with E-state index in [1.54, 1.807) is 0 Å². The molecule has 2 nitrogen and oxygen atoms in total. The first kappa shape index (κ1) is 11.8. The number of para-hydroxylation sites is 2. The Bertz CT molecular complexity index is 564. The average Bonchev–Trinajstić information content (AvgIpc) is 2.48. The second-order valence-electron chi connectivity index (χ2n) is 4.73. The molecule has 1 aliphatic heterocycles. The van der Waals surface area contributed by atoms with Gasteiger partial charge in [-0.3, -0.25) is 0 Å². The van der Waals surface area contributed by atoms with Crippen molar-refractivity contribution in [3.8, 4) is 5.75 Å². The fraction of sp³-hybridized carbons (Fsp3) is 0.176. The third-order valence-electron chi connectivity index (χ3n) is 3.36. The normalized spacial score (nSPS) is 17.5. The summed E-state index contributed by atoms with van der Waals surface area (Å²) in [4.78, 5) is 2.35. The molecule has 0 radical (unpaired) electrons. The van der Waals surface area contributed by atoms with Gasteiger partial charge in [0.05, 0.1) is 12.2 Å². The van der Waals surface area contributed by atoms with Crippen molar-refractivity contribution in [3.63, 3.8) is 0 Å². The van der Waals surface area contributed by atoms with Gasteiger partial charge in [-0.15, -0.1) is 0 Å². The Kier molecular flexibility index (Phi) is 3.23. The van der Waals surface area contributed by atoms with E-state index in [2.05, 4.69) is 47.9 Å². The standard InChI is InChI=1S/C17H17NO/c1-2-15-13-18(12-14-8-4-3-5-9-14)16-10-6-7-11-17(16)19-15/h2-11,15H,1,12-13H2/t15-/m1/s1. The zero-order valence-corrected chi connectivity index (χ0v) is 10.8. The van der Waals surface area contributed by atoms with Crippen molar-refractivity contribution in [3.05, 3.63) is 72.8 Å². The number of benzene rings is 2. The van der Waals surface area contributed by atoms with E-state index >= 15 is 0 Å². The van der Waals surface area contributed by atoms with Crippen LogP contribution in [0, 0.1) is 0 Å². The van der Waals surface area contributed by atoms with Crippen molar-refractivity contribution in [2.24, 2.45) is 0 Å². The van der Waals surface area contributed by atoms with E-state index in [0.29, 0.717) is 0 Å². The van der Waals surface area contributed by atoms with Gasteiger partial charge < -0.3 is 9.64 Å². The summed E-state index contributed by atoms with van der Waals surface area (Å²) in [5, 5.41) is 0. The van der Waals surface area contributed by atoms with E-state index in [1.807, 2.05) is 24.3 Å². The molecule has 0 amide bonds. The highest BCUT2D eigenvalue weighted by molar-refractivity contribution is 5.60. The van der Waals surface area contributed by atoms with Crippen molar-refractivity contribution < 1.29 is 4.74 Å². The van der Waals surface area contributed by atoms with Crippen LogP contribution in [0.3, 0.4) is 0 Å². The van der Waals surface area contributed by atoms with Gasteiger partial charge in [0.2, 0.25) is 0 Å². The third kappa shape index (κ3) is 2.48. The molecule has 2 aromatic rings. The molecule has 0 saturated heterocycles. The molecule has 19 heavy (non-hydrogen) atoms. The van der Waals surface area contributed by atoms with E-state index in [1.165, 1.54) is 5.56 Å². The van der Waals surface area contributed by atoms with Crippen molar-refractivity contribution in [2.45, 2.75) is 12.6 Å². The minimum Gasteiger partial charge on any atom is -0.482 e. The fourth-order valence-electron chi connectivity index (χ4n) is 2.41. The molecule has 3 rings (SSSR count). The van der Waals surface area contributed by atoms with E-state index in [-0.39, 0.29) is 6.10 Å². The molecular weight excluding hydrogens is 234 g/mol. The van der Waals surface area contributed by atoms with Crippen LogP contribution in [0.15, 0.2) is 67.3 Å². The lowest BCUT2D eigenvalue weighted by molar-refractivity contribution is 0.238. The largest absolute Gasteiger partial charge is 0.482 e. The Morgan fingerprint density at radius 3 is 2.63 bits per heavy atom. The Balaban J connectivity index is 1.90. The van der Waals surface area contributed by atoms with Crippen molar-refractivity contribution >= 4 is 5.69 Å².